The van der Waals surface area contributed by atoms with Gasteiger partial charge in [-0.15, -0.1) is 0 Å². The van der Waals surface area contributed by atoms with Crippen LogP contribution in [0.3, 0.4) is 0 Å². The Bertz CT molecular complexity index is 448. The Morgan fingerprint density at radius 1 is 1.35 bits per heavy atom. The van der Waals surface area contributed by atoms with Crippen LogP contribution in [-0.2, 0) is 14.6 Å². The number of carbonyl (C=O) groups is 1. The van der Waals surface area contributed by atoms with Crippen LogP contribution in [-0.4, -0.2) is 42.6 Å². The summed E-state index contributed by atoms with van der Waals surface area (Å²) in [6.07, 6.45) is 5.39. The first kappa shape index (κ1) is 17.4. The van der Waals surface area contributed by atoms with Crippen LogP contribution in [0.4, 0.5) is 0 Å². The van der Waals surface area contributed by atoms with Crippen molar-refractivity contribution in [3.05, 3.63) is 0 Å². The molecule has 0 aromatic carbocycles. The van der Waals surface area contributed by atoms with Gasteiger partial charge in [0.1, 0.15) is 4.75 Å². The van der Waals surface area contributed by atoms with Crippen LogP contribution < -0.4 is 5.32 Å². The predicted molar refractivity (Wildman–Crippen MR) is 79.1 cm³/mol. The highest BCUT2D eigenvalue weighted by Crippen LogP contribution is 2.33. The molecule has 0 aromatic heterocycles. The van der Waals surface area contributed by atoms with Crippen molar-refractivity contribution in [2.75, 3.05) is 12.8 Å². The van der Waals surface area contributed by atoms with Gasteiger partial charge >= 0.3 is 0 Å². The third kappa shape index (κ3) is 3.95. The van der Waals surface area contributed by atoms with E-state index < -0.39 is 26.1 Å². The fourth-order valence-electron chi connectivity index (χ4n) is 2.43. The van der Waals surface area contributed by atoms with Crippen LogP contribution in [0.15, 0.2) is 0 Å². The first-order chi connectivity index (χ1) is 9.02. The number of hydrogen-bond donors (Lipinski definition) is 2. The minimum atomic E-state index is -3.48. The lowest BCUT2D eigenvalue weighted by atomic mass is 9.78. The van der Waals surface area contributed by atoms with Gasteiger partial charge in [0, 0.05) is 12.8 Å². The van der Waals surface area contributed by atoms with Gasteiger partial charge in [-0.05, 0) is 45.4 Å². The standard InChI is InChI=1S/C14H27NO4S/c1-5-11-6-8-14(17,9-7-11)10-15-12(16)13(2,3)20(4,18)19/h11,17H,5-10H2,1-4H3,(H,15,16). The minimum absolute atomic E-state index is 0.126. The Morgan fingerprint density at radius 3 is 2.25 bits per heavy atom. The molecule has 0 aliphatic heterocycles. The molecule has 1 rings (SSSR count). The molecule has 2 N–H and O–H groups in total. The lowest BCUT2D eigenvalue weighted by Gasteiger charge is -2.36. The summed E-state index contributed by atoms with van der Waals surface area (Å²) in [5, 5.41) is 13.0. The van der Waals surface area contributed by atoms with E-state index in [0.717, 1.165) is 25.5 Å². The minimum Gasteiger partial charge on any atom is -0.388 e. The monoisotopic (exact) mass is 305 g/mol. The normalized spacial score (nSPS) is 28.1. The third-order valence-corrected chi connectivity index (χ3v) is 6.70. The summed E-state index contributed by atoms with van der Waals surface area (Å²) in [6.45, 7) is 5.04. The van der Waals surface area contributed by atoms with E-state index >= 15 is 0 Å². The largest absolute Gasteiger partial charge is 0.388 e. The summed E-state index contributed by atoms with van der Waals surface area (Å²) >= 11 is 0. The molecule has 0 bridgehead atoms. The van der Waals surface area contributed by atoms with E-state index in [1.54, 1.807) is 0 Å². The zero-order valence-electron chi connectivity index (χ0n) is 12.9. The average Bonchev–Trinajstić information content (AvgIpc) is 2.35. The van der Waals surface area contributed by atoms with E-state index in [-0.39, 0.29) is 6.54 Å². The maximum atomic E-state index is 12.0. The van der Waals surface area contributed by atoms with Crippen molar-refractivity contribution < 1.29 is 18.3 Å². The molecule has 1 saturated carbocycles. The van der Waals surface area contributed by atoms with Gasteiger partial charge in [0.15, 0.2) is 9.84 Å². The second-order valence-electron chi connectivity index (χ2n) is 6.54. The van der Waals surface area contributed by atoms with Crippen LogP contribution in [0.25, 0.3) is 0 Å². The Kier molecular flexibility index (Phi) is 5.24. The molecule has 118 valence electrons. The van der Waals surface area contributed by atoms with Gasteiger partial charge in [-0.1, -0.05) is 13.3 Å². The molecule has 1 fully saturated rings. The van der Waals surface area contributed by atoms with Gasteiger partial charge in [-0.2, -0.15) is 0 Å². The lowest BCUT2D eigenvalue weighted by molar-refractivity contribution is -0.124. The van der Waals surface area contributed by atoms with E-state index in [2.05, 4.69) is 12.2 Å². The Morgan fingerprint density at radius 2 is 1.85 bits per heavy atom. The Balaban J connectivity index is 2.58. The highest BCUT2D eigenvalue weighted by Gasteiger charge is 2.40. The maximum absolute atomic E-state index is 12.0. The van der Waals surface area contributed by atoms with Crippen molar-refractivity contribution in [1.82, 2.24) is 5.32 Å². The predicted octanol–water partition coefficient (Wildman–Crippen LogP) is 1.26. The molecule has 20 heavy (non-hydrogen) atoms. The van der Waals surface area contributed by atoms with Crippen LogP contribution in [0.2, 0.25) is 0 Å². The second kappa shape index (κ2) is 6.02. The number of sulfone groups is 1. The molecule has 0 radical (unpaired) electrons. The second-order valence-corrected chi connectivity index (χ2v) is 9.11. The summed E-state index contributed by atoms with van der Waals surface area (Å²) < 4.78 is 21.7. The van der Waals surface area contributed by atoms with Gasteiger partial charge in [-0.25, -0.2) is 8.42 Å². The summed E-state index contributed by atoms with van der Waals surface area (Å²) in [6, 6.07) is 0. The van der Waals surface area contributed by atoms with Gasteiger partial charge in [0.25, 0.3) is 0 Å². The zero-order chi connectivity index (χ0) is 15.6. The molecule has 0 saturated heterocycles. The van der Waals surface area contributed by atoms with Crippen molar-refractivity contribution in [2.24, 2.45) is 5.92 Å². The summed E-state index contributed by atoms with van der Waals surface area (Å²) in [5.74, 6) is 0.101. The molecular formula is C14H27NO4S. The number of rotatable bonds is 5. The topological polar surface area (TPSA) is 83.5 Å². The van der Waals surface area contributed by atoms with Crippen molar-refractivity contribution in [3.8, 4) is 0 Å². The fraction of sp³-hybridized carbons (Fsp3) is 0.929. The van der Waals surface area contributed by atoms with Gasteiger partial charge in [-0.3, -0.25) is 4.79 Å². The van der Waals surface area contributed by atoms with Crippen LogP contribution in [0, 0.1) is 5.92 Å². The first-order valence-electron chi connectivity index (χ1n) is 7.22. The number of aliphatic hydroxyl groups is 1. The molecular weight excluding hydrogens is 278 g/mol. The quantitative estimate of drug-likeness (QED) is 0.801. The SMILES string of the molecule is CCC1CCC(O)(CNC(=O)C(C)(C)S(C)(=O)=O)CC1. The maximum Gasteiger partial charge on any atom is 0.240 e. The summed E-state index contributed by atoms with van der Waals surface area (Å²) in [7, 11) is -3.48. The van der Waals surface area contributed by atoms with E-state index in [9.17, 15) is 18.3 Å². The molecule has 0 spiro atoms. The third-order valence-electron chi connectivity index (χ3n) is 4.67. The molecule has 6 heteroatoms. The molecule has 0 atom stereocenters. The van der Waals surface area contributed by atoms with Crippen LogP contribution >= 0.6 is 0 Å². The van der Waals surface area contributed by atoms with Crippen LogP contribution in [0.5, 0.6) is 0 Å². The average molecular weight is 305 g/mol. The Labute approximate surface area is 122 Å². The van der Waals surface area contributed by atoms with E-state index in [0.29, 0.717) is 18.8 Å². The van der Waals surface area contributed by atoms with E-state index in [4.69, 9.17) is 0 Å². The van der Waals surface area contributed by atoms with E-state index in [1.165, 1.54) is 13.8 Å². The van der Waals surface area contributed by atoms with Gasteiger partial charge in [0.05, 0.1) is 5.60 Å². The molecule has 0 aromatic rings. The number of hydrogen-bond acceptors (Lipinski definition) is 4. The number of amides is 1. The highest BCUT2D eigenvalue weighted by molar-refractivity contribution is 7.92. The number of carbonyl (C=O) groups excluding carboxylic acids is 1. The molecule has 0 heterocycles. The highest BCUT2D eigenvalue weighted by atomic mass is 32.2. The molecule has 0 unspecified atom stereocenters. The molecule has 5 nitrogen and oxygen atoms in total. The van der Waals surface area contributed by atoms with Crippen molar-refractivity contribution in [2.45, 2.75) is 63.2 Å². The van der Waals surface area contributed by atoms with Crippen molar-refractivity contribution in [1.29, 1.82) is 0 Å². The fourth-order valence-corrected chi connectivity index (χ4v) is 2.83. The van der Waals surface area contributed by atoms with Crippen molar-refractivity contribution in [3.63, 3.8) is 0 Å². The van der Waals surface area contributed by atoms with Gasteiger partial charge < -0.3 is 10.4 Å². The van der Waals surface area contributed by atoms with Crippen LogP contribution in [0.1, 0.15) is 52.9 Å². The molecule has 1 aliphatic carbocycles. The first-order valence-corrected chi connectivity index (χ1v) is 9.11. The zero-order valence-corrected chi connectivity index (χ0v) is 13.7. The molecule has 1 amide bonds. The summed E-state index contributed by atoms with van der Waals surface area (Å²) in [4.78, 5) is 12.0. The lowest BCUT2D eigenvalue weighted by Crippen LogP contribution is -2.52. The van der Waals surface area contributed by atoms with Crippen molar-refractivity contribution >= 4 is 15.7 Å². The van der Waals surface area contributed by atoms with E-state index in [1.807, 2.05) is 0 Å². The molecule has 1 aliphatic rings. The van der Waals surface area contributed by atoms with Gasteiger partial charge in [0.2, 0.25) is 5.91 Å². The summed E-state index contributed by atoms with van der Waals surface area (Å²) in [5.41, 5.74) is -0.894. The Hall–Kier alpha value is -0.620. The number of nitrogens with one attached hydrogen (secondary N) is 1. The smallest absolute Gasteiger partial charge is 0.240 e.